The quantitative estimate of drug-likeness (QED) is 0.784. The van der Waals surface area contributed by atoms with E-state index in [4.69, 9.17) is 10.5 Å². The summed E-state index contributed by atoms with van der Waals surface area (Å²) in [6.07, 6.45) is 2.45. The van der Waals surface area contributed by atoms with Crippen molar-refractivity contribution in [2.45, 2.75) is 39.3 Å². The monoisotopic (exact) mass is 264 g/mol. The number of benzene rings is 1. The van der Waals surface area contributed by atoms with E-state index in [-0.39, 0.29) is 0 Å². The molecule has 0 saturated heterocycles. The average molecular weight is 264 g/mol. The van der Waals surface area contributed by atoms with Crippen LogP contribution in [0.5, 0.6) is 5.75 Å². The van der Waals surface area contributed by atoms with Crippen molar-refractivity contribution in [3.8, 4) is 5.75 Å². The summed E-state index contributed by atoms with van der Waals surface area (Å²) in [5.74, 6) is 1.54. The zero-order chi connectivity index (χ0) is 14.3. The standard InChI is InChI=1S/C16H28N2O/c1-5-6-13(2)16(11-17)18(3)12-14-7-9-15(19-4)10-8-14/h7-10,13,16H,5-6,11-12,17H2,1-4H3. The predicted octanol–water partition coefficient (Wildman–Crippen LogP) is 2.89. The molecule has 2 N–H and O–H groups in total. The number of ether oxygens (including phenoxy) is 1. The highest BCUT2D eigenvalue weighted by molar-refractivity contribution is 5.27. The van der Waals surface area contributed by atoms with Gasteiger partial charge in [-0.3, -0.25) is 4.90 Å². The molecule has 0 aromatic heterocycles. The highest BCUT2D eigenvalue weighted by Crippen LogP contribution is 2.18. The summed E-state index contributed by atoms with van der Waals surface area (Å²) in [6.45, 7) is 6.17. The minimum Gasteiger partial charge on any atom is -0.497 e. The van der Waals surface area contributed by atoms with E-state index < -0.39 is 0 Å². The van der Waals surface area contributed by atoms with Crippen LogP contribution in [0, 0.1) is 5.92 Å². The highest BCUT2D eigenvalue weighted by atomic mass is 16.5. The number of likely N-dealkylation sites (N-methyl/N-ethyl adjacent to an activating group) is 1. The molecule has 0 heterocycles. The third-order valence-electron chi connectivity index (χ3n) is 3.80. The summed E-state index contributed by atoms with van der Waals surface area (Å²) in [5, 5.41) is 0. The van der Waals surface area contributed by atoms with E-state index in [2.05, 4.69) is 37.9 Å². The molecule has 0 bridgehead atoms. The molecule has 0 aliphatic rings. The average Bonchev–Trinajstić information content (AvgIpc) is 2.40. The molecule has 0 radical (unpaired) electrons. The maximum absolute atomic E-state index is 5.94. The number of nitrogens with zero attached hydrogens (tertiary/aromatic N) is 1. The summed E-state index contributed by atoms with van der Waals surface area (Å²) in [7, 11) is 3.85. The van der Waals surface area contributed by atoms with Gasteiger partial charge >= 0.3 is 0 Å². The van der Waals surface area contributed by atoms with Crippen molar-refractivity contribution in [3.05, 3.63) is 29.8 Å². The maximum Gasteiger partial charge on any atom is 0.118 e. The van der Waals surface area contributed by atoms with E-state index in [1.807, 2.05) is 12.1 Å². The number of rotatable bonds is 8. The van der Waals surface area contributed by atoms with Crippen LogP contribution in [-0.2, 0) is 6.54 Å². The second-order valence-corrected chi connectivity index (χ2v) is 5.33. The van der Waals surface area contributed by atoms with Gasteiger partial charge in [-0.25, -0.2) is 0 Å². The van der Waals surface area contributed by atoms with E-state index >= 15 is 0 Å². The third kappa shape index (κ3) is 4.84. The van der Waals surface area contributed by atoms with Crippen molar-refractivity contribution in [2.75, 3.05) is 20.7 Å². The number of nitrogens with two attached hydrogens (primary N) is 1. The Morgan fingerprint density at radius 2 is 1.89 bits per heavy atom. The molecule has 0 spiro atoms. The fourth-order valence-corrected chi connectivity index (χ4v) is 2.63. The van der Waals surface area contributed by atoms with Crippen LogP contribution in [0.3, 0.4) is 0 Å². The van der Waals surface area contributed by atoms with Crippen LogP contribution in [0.4, 0.5) is 0 Å². The fourth-order valence-electron chi connectivity index (χ4n) is 2.63. The Hall–Kier alpha value is -1.06. The number of methoxy groups -OCH3 is 1. The summed E-state index contributed by atoms with van der Waals surface area (Å²) in [5.41, 5.74) is 7.24. The second kappa shape index (κ2) is 8.18. The Kier molecular flexibility index (Phi) is 6.89. The summed E-state index contributed by atoms with van der Waals surface area (Å²) in [6, 6.07) is 8.70. The van der Waals surface area contributed by atoms with E-state index in [0.29, 0.717) is 18.5 Å². The van der Waals surface area contributed by atoms with Gasteiger partial charge in [0.25, 0.3) is 0 Å². The number of hydrogen-bond acceptors (Lipinski definition) is 3. The zero-order valence-corrected chi connectivity index (χ0v) is 12.7. The molecule has 1 aromatic rings. The van der Waals surface area contributed by atoms with Crippen molar-refractivity contribution in [3.63, 3.8) is 0 Å². The van der Waals surface area contributed by atoms with Gasteiger partial charge in [0, 0.05) is 19.1 Å². The molecular formula is C16H28N2O. The van der Waals surface area contributed by atoms with Gasteiger partial charge < -0.3 is 10.5 Å². The van der Waals surface area contributed by atoms with Crippen LogP contribution >= 0.6 is 0 Å². The maximum atomic E-state index is 5.94. The van der Waals surface area contributed by atoms with Crippen LogP contribution < -0.4 is 10.5 Å². The molecule has 1 rings (SSSR count). The summed E-state index contributed by atoms with van der Waals surface area (Å²) < 4.78 is 5.18. The van der Waals surface area contributed by atoms with Crippen LogP contribution in [0.2, 0.25) is 0 Å². The van der Waals surface area contributed by atoms with Crippen LogP contribution in [0.1, 0.15) is 32.3 Å². The third-order valence-corrected chi connectivity index (χ3v) is 3.80. The topological polar surface area (TPSA) is 38.5 Å². The first-order valence-corrected chi connectivity index (χ1v) is 7.15. The Morgan fingerprint density at radius 1 is 1.26 bits per heavy atom. The SMILES string of the molecule is CCCC(C)C(CN)N(C)Cc1ccc(OC)cc1. The van der Waals surface area contributed by atoms with Gasteiger partial charge in [0.15, 0.2) is 0 Å². The molecule has 2 unspecified atom stereocenters. The minimum atomic E-state index is 0.446. The first-order chi connectivity index (χ1) is 9.12. The molecule has 0 aliphatic carbocycles. The Balaban J connectivity index is 2.62. The van der Waals surface area contributed by atoms with E-state index in [0.717, 1.165) is 12.3 Å². The molecule has 0 aliphatic heterocycles. The molecule has 1 aromatic carbocycles. The highest BCUT2D eigenvalue weighted by Gasteiger charge is 2.19. The van der Waals surface area contributed by atoms with Crippen molar-refractivity contribution in [1.82, 2.24) is 4.90 Å². The molecular weight excluding hydrogens is 236 g/mol. The first-order valence-electron chi connectivity index (χ1n) is 7.15. The summed E-state index contributed by atoms with van der Waals surface area (Å²) >= 11 is 0. The predicted molar refractivity (Wildman–Crippen MR) is 81.4 cm³/mol. The Labute approximate surface area is 117 Å². The lowest BCUT2D eigenvalue weighted by atomic mass is 9.95. The lowest BCUT2D eigenvalue weighted by molar-refractivity contribution is 0.174. The molecule has 3 nitrogen and oxygen atoms in total. The first kappa shape index (κ1) is 16.0. The van der Waals surface area contributed by atoms with E-state index in [1.165, 1.54) is 18.4 Å². The van der Waals surface area contributed by atoms with Gasteiger partial charge in [-0.05, 0) is 37.1 Å². The van der Waals surface area contributed by atoms with Crippen molar-refractivity contribution >= 4 is 0 Å². The largest absolute Gasteiger partial charge is 0.497 e. The molecule has 0 saturated carbocycles. The van der Waals surface area contributed by atoms with Gasteiger partial charge in [0.2, 0.25) is 0 Å². The van der Waals surface area contributed by atoms with Gasteiger partial charge in [-0.1, -0.05) is 32.4 Å². The Morgan fingerprint density at radius 3 is 2.37 bits per heavy atom. The smallest absolute Gasteiger partial charge is 0.118 e. The van der Waals surface area contributed by atoms with Crippen LogP contribution in [-0.4, -0.2) is 31.6 Å². The molecule has 2 atom stereocenters. The molecule has 3 heteroatoms. The molecule has 19 heavy (non-hydrogen) atoms. The molecule has 0 fully saturated rings. The normalized spacial score (nSPS) is 14.4. The Bertz CT molecular complexity index is 350. The second-order valence-electron chi connectivity index (χ2n) is 5.33. The molecule has 0 amide bonds. The summed E-state index contributed by atoms with van der Waals surface area (Å²) in [4.78, 5) is 2.36. The van der Waals surface area contributed by atoms with Crippen LogP contribution in [0.15, 0.2) is 24.3 Å². The van der Waals surface area contributed by atoms with Crippen LogP contribution in [0.25, 0.3) is 0 Å². The van der Waals surface area contributed by atoms with E-state index in [1.54, 1.807) is 7.11 Å². The van der Waals surface area contributed by atoms with Gasteiger partial charge in [-0.2, -0.15) is 0 Å². The van der Waals surface area contributed by atoms with Crippen molar-refractivity contribution in [1.29, 1.82) is 0 Å². The van der Waals surface area contributed by atoms with Gasteiger partial charge in [-0.15, -0.1) is 0 Å². The lowest BCUT2D eigenvalue weighted by Gasteiger charge is -2.32. The van der Waals surface area contributed by atoms with E-state index in [9.17, 15) is 0 Å². The van der Waals surface area contributed by atoms with Gasteiger partial charge in [0.05, 0.1) is 7.11 Å². The number of hydrogen-bond donors (Lipinski definition) is 1. The minimum absolute atomic E-state index is 0.446. The molecule has 108 valence electrons. The van der Waals surface area contributed by atoms with Gasteiger partial charge in [0.1, 0.15) is 5.75 Å². The van der Waals surface area contributed by atoms with Crippen molar-refractivity contribution < 1.29 is 4.74 Å². The fraction of sp³-hybridized carbons (Fsp3) is 0.625. The zero-order valence-electron chi connectivity index (χ0n) is 12.7. The van der Waals surface area contributed by atoms with Crippen molar-refractivity contribution in [2.24, 2.45) is 11.7 Å². The lowest BCUT2D eigenvalue weighted by Crippen LogP contribution is -2.42.